The third-order valence-electron chi connectivity index (χ3n) is 5.25. The number of amides is 1. The number of sulfonamides is 1. The second kappa shape index (κ2) is 10.6. The average Bonchev–Trinajstić information content (AvgIpc) is 2.70. The summed E-state index contributed by atoms with van der Waals surface area (Å²) >= 11 is 0. The van der Waals surface area contributed by atoms with Crippen molar-refractivity contribution >= 4 is 27.6 Å². The number of ether oxygens (including phenoxy) is 1. The molecule has 8 heteroatoms. The molecule has 0 aliphatic carbocycles. The minimum absolute atomic E-state index is 0.00194. The van der Waals surface area contributed by atoms with E-state index in [1.807, 2.05) is 31.2 Å². The zero-order valence-corrected chi connectivity index (χ0v) is 18.4. The molecular weight excluding hydrogens is 392 g/mol. The lowest BCUT2D eigenvalue weighted by Crippen LogP contribution is -2.41. The van der Waals surface area contributed by atoms with Crippen LogP contribution < -0.4 is 4.31 Å². The van der Waals surface area contributed by atoms with E-state index in [0.717, 1.165) is 12.0 Å². The van der Waals surface area contributed by atoms with Gasteiger partial charge in [0.15, 0.2) is 0 Å². The van der Waals surface area contributed by atoms with Crippen molar-refractivity contribution in [3.63, 3.8) is 0 Å². The lowest BCUT2D eigenvalue weighted by Gasteiger charge is -2.31. The summed E-state index contributed by atoms with van der Waals surface area (Å²) in [6.45, 7) is 5.54. The Morgan fingerprint density at radius 1 is 1.14 bits per heavy atom. The maximum atomic E-state index is 12.5. The molecule has 1 aliphatic heterocycles. The van der Waals surface area contributed by atoms with Crippen molar-refractivity contribution in [2.24, 2.45) is 5.92 Å². The predicted octanol–water partition coefficient (Wildman–Crippen LogP) is 2.60. The van der Waals surface area contributed by atoms with E-state index in [4.69, 9.17) is 4.74 Å². The normalized spacial score (nSPS) is 15.2. The predicted molar refractivity (Wildman–Crippen MR) is 113 cm³/mol. The molecule has 1 aromatic carbocycles. The Kier molecular flexibility index (Phi) is 8.49. The number of hydrogen-bond acceptors (Lipinski definition) is 5. The van der Waals surface area contributed by atoms with Crippen molar-refractivity contribution in [2.75, 3.05) is 36.8 Å². The number of piperidine rings is 1. The van der Waals surface area contributed by atoms with Crippen LogP contribution in [0.25, 0.3) is 0 Å². The third kappa shape index (κ3) is 6.73. The standard InChI is InChI=1S/C21H32N2O5S/c1-4-17-8-10-19(11-9-17)23(29(3,26)27)14-6-7-20(24)22-15-12-18(13-16-22)21(25)28-5-2/h8-11,18H,4-7,12-16H2,1-3H3. The molecule has 2 rings (SSSR count). The van der Waals surface area contributed by atoms with Crippen molar-refractivity contribution in [3.05, 3.63) is 29.8 Å². The molecule has 0 atom stereocenters. The van der Waals surface area contributed by atoms with E-state index < -0.39 is 10.0 Å². The average molecular weight is 425 g/mol. The summed E-state index contributed by atoms with van der Waals surface area (Å²) in [6, 6.07) is 7.46. The van der Waals surface area contributed by atoms with Gasteiger partial charge < -0.3 is 9.64 Å². The van der Waals surface area contributed by atoms with Crippen molar-refractivity contribution in [1.82, 2.24) is 4.90 Å². The van der Waals surface area contributed by atoms with E-state index in [1.54, 1.807) is 11.8 Å². The Morgan fingerprint density at radius 2 is 1.76 bits per heavy atom. The van der Waals surface area contributed by atoms with Crippen LogP contribution >= 0.6 is 0 Å². The van der Waals surface area contributed by atoms with Crippen LogP contribution in [0.15, 0.2) is 24.3 Å². The minimum Gasteiger partial charge on any atom is -0.466 e. The van der Waals surface area contributed by atoms with Gasteiger partial charge >= 0.3 is 5.97 Å². The smallest absolute Gasteiger partial charge is 0.309 e. The molecular formula is C21H32N2O5S. The molecule has 0 unspecified atom stereocenters. The van der Waals surface area contributed by atoms with Gasteiger partial charge in [0, 0.05) is 26.1 Å². The first-order chi connectivity index (χ1) is 13.8. The molecule has 1 saturated heterocycles. The zero-order valence-electron chi connectivity index (χ0n) is 17.6. The number of anilines is 1. The van der Waals surface area contributed by atoms with Gasteiger partial charge in [0.2, 0.25) is 15.9 Å². The molecule has 29 heavy (non-hydrogen) atoms. The Balaban J connectivity index is 1.86. The number of benzene rings is 1. The molecule has 0 bridgehead atoms. The van der Waals surface area contributed by atoms with Crippen LogP contribution in [-0.4, -0.2) is 57.7 Å². The molecule has 0 spiro atoms. The Hall–Kier alpha value is -2.09. The van der Waals surface area contributed by atoms with Crippen LogP contribution in [0.1, 0.15) is 45.1 Å². The van der Waals surface area contributed by atoms with Gasteiger partial charge in [0.05, 0.1) is 24.5 Å². The first-order valence-electron chi connectivity index (χ1n) is 10.3. The number of aryl methyl sites for hydroxylation is 1. The summed E-state index contributed by atoms with van der Waals surface area (Å²) < 4.78 is 30.8. The number of esters is 1. The summed E-state index contributed by atoms with van der Waals surface area (Å²) in [4.78, 5) is 26.1. The highest BCUT2D eigenvalue weighted by Gasteiger charge is 2.28. The van der Waals surface area contributed by atoms with Gasteiger partial charge in [0.25, 0.3) is 0 Å². The van der Waals surface area contributed by atoms with E-state index in [-0.39, 0.29) is 30.8 Å². The number of likely N-dealkylation sites (tertiary alicyclic amines) is 1. The number of rotatable bonds is 9. The molecule has 7 nitrogen and oxygen atoms in total. The van der Waals surface area contributed by atoms with Gasteiger partial charge in [-0.3, -0.25) is 13.9 Å². The van der Waals surface area contributed by atoms with E-state index in [2.05, 4.69) is 0 Å². The van der Waals surface area contributed by atoms with Crippen LogP contribution in [0, 0.1) is 5.92 Å². The lowest BCUT2D eigenvalue weighted by atomic mass is 9.97. The largest absolute Gasteiger partial charge is 0.466 e. The minimum atomic E-state index is -3.43. The van der Waals surface area contributed by atoms with E-state index >= 15 is 0 Å². The van der Waals surface area contributed by atoms with Gasteiger partial charge in [-0.1, -0.05) is 19.1 Å². The maximum Gasteiger partial charge on any atom is 0.309 e. The molecule has 1 heterocycles. The summed E-state index contributed by atoms with van der Waals surface area (Å²) in [5, 5.41) is 0. The summed E-state index contributed by atoms with van der Waals surface area (Å²) in [5.74, 6) is -0.314. The summed E-state index contributed by atoms with van der Waals surface area (Å²) in [7, 11) is -3.43. The SMILES string of the molecule is CCOC(=O)C1CCN(C(=O)CCCN(c2ccc(CC)cc2)S(C)(=O)=O)CC1. The molecule has 0 radical (unpaired) electrons. The first kappa shape index (κ1) is 23.2. The maximum absolute atomic E-state index is 12.5. The molecule has 0 saturated carbocycles. The molecule has 1 amide bonds. The number of carbonyl (C=O) groups is 2. The monoisotopic (exact) mass is 424 g/mol. The highest BCUT2D eigenvalue weighted by atomic mass is 32.2. The van der Waals surface area contributed by atoms with Crippen molar-refractivity contribution in [1.29, 1.82) is 0 Å². The fraction of sp³-hybridized carbons (Fsp3) is 0.619. The quantitative estimate of drug-likeness (QED) is 0.569. The van der Waals surface area contributed by atoms with Gasteiger partial charge in [0.1, 0.15) is 0 Å². The van der Waals surface area contributed by atoms with Crippen LogP contribution in [0.2, 0.25) is 0 Å². The highest BCUT2D eigenvalue weighted by molar-refractivity contribution is 7.92. The van der Waals surface area contributed by atoms with Crippen LogP contribution in [0.3, 0.4) is 0 Å². The van der Waals surface area contributed by atoms with E-state index in [0.29, 0.717) is 44.6 Å². The molecule has 0 N–H and O–H groups in total. The van der Waals surface area contributed by atoms with Crippen LogP contribution in [-0.2, 0) is 30.8 Å². The summed E-state index contributed by atoms with van der Waals surface area (Å²) in [6.07, 6.45) is 4.03. The fourth-order valence-corrected chi connectivity index (χ4v) is 4.51. The molecule has 1 aliphatic rings. The van der Waals surface area contributed by atoms with Gasteiger partial charge in [-0.05, 0) is 50.3 Å². The molecule has 0 aromatic heterocycles. The van der Waals surface area contributed by atoms with Crippen molar-refractivity contribution in [2.45, 2.75) is 46.0 Å². The second-order valence-corrected chi connectivity index (χ2v) is 9.27. The highest BCUT2D eigenvalue weighted by Crippen LogP contribution is 2.21. The lowest BCUT2D eigenvalue weighted by molar-refractivity contribution is -0.151. The molecule has 1 aromatic rings. The Bertz CT molecular complexity index is 784. The summed E-state index contributed by atoms with van der Waals surface area (Å²) in [5.41, 5.74) is 1.76. The van der Waals surface area contributed by atoms with Crippen LogP contribution in [0.5, 0.6) is 0 Å². The topological polar surface area (TPSA) is 84.0 Å². The molecule has 1 fully saturated rings. The Morgan fingerprint density at radius 3 is 2.28 bits per heavy atom. The van der Waals surface area contributed by atoms with Crippen molar-refractivity contribution in [3.8, 4) is 0 Å². The number of nitrogens with zero attached hydrogens (tertiary/aromatic N) is 2. The van der Waals surface area contributed by atoms with E-state index in [1.165, 1.54) is 10.6 Å². The van der Waals surface area contributed by atoms with Gasteiger partial charge in [-0.2, -0.15) is 0 Å². The Labute approximate surface area is 174 Å². The zero-order chi connectivity index (χ0) is 21.4. The van der Waals surface area contributed by atoms with Crippen LogP contribution in [0.4, 0.5) is 5.69 Å². The number of hydrogen-bond donors (Lipinski definition) is 0. The number of carbonyl (C=O) groups excluding carboxylic acids is 2. The van der Waals surface area contributed by atoms with Gasteiger partial charge in [-0.15, -0.1) is 0 Å². The molecule has 162 valence electrons. The third-order valence-corrected chi connectivity index (χ3v) is 6.45. The second-order valence-electron chi connectivity index (χ2n) is 7.37. The van der Waals surface area contributed by atoms with E-state index in [9.17, 15) is 18.0 Å². The van der Waals surface area contributed by atoms with Gasteiger partial charge in [-0.25, -0.2) is 8.42 Å². The van der Waals surface area contributed by atoms with Crippen molar-refractivity contribution < 1.29 is 22.7 Å². The first-order valence-corrected chi connectivity index (χ1v) is 12.1. The fourth-order valence-electron chi connectivity index (χ4n) is 3.54.